The molecule has 9 nitrogen and oxygen atoms in total. The van der Waals surface area contributed by atoms with E-state index in [1.165, 1.54) is 6.33 Å². The Morgan fingerprint density at radius 3 is 2.53 bits per heavy atom. The number of aromatic nitrogens is 5. The van der Waals surface area contributed by atoms with Crippen LogP contribution in [0.1, 0.15) is 48.4 Å². The number of hydrogen-bond acceptors (Lipinski definition) is 8. The lowest BCUT2D eigenvalue weighted by Gasteiger charge is -2.16. The molecule has 0 aliphatic carbocycles. The van der Waals surface area contributed by atoms with Gasteiger partial charge in [-0.1, -0.05) is 25.1 Å². The Kier molecular flexibility index (Phi) is 9.26. The van der Waals surface area contributed by atoms with Gasteiger partial charge >= 0.3 is 0 Å². The van der Waals surface area contributed by atoms with Crippen LogP contribution in [0.4, 0.5) is 5.82 Å². The minimum absolute atomic E-state index is 0. The van der Waals surface area contributed by atoms with Gasteiger partial charge in [-0.3, -0.25) is 9.78 Å². The number of para-hydroxylation sites is 1. The topological polar surface area (TPSA) is 115 Å². The summed E-state index contributed by atoms with van der Waals surface area (Å²) in [5.74, 6) is 1.33. The quantitative estimate of drug-likeness (QED) is 0.349. The summed E-state index contributed by atoms with van der Waals surface area (Å²) in [6.07, 6.45) is 6.81. The highest BCUT2D eigenvalue weighted by atomic mass is 32.1. The highest BCUT2D eigenvalue weighted by Gasteiger charge is 2.15. The molecule has 0 saturated carbocycles. The molecule has 4 rings (SSSR count). The van der Waals surface area contributed by atoms with Crippen LogP contribution in [0.15, 0.2) is 55.2 Å². The van der Waals surface area contributed by atoms with Gasteiger partial charge in [0.15, 0.2) is 5.82 Å². The summed E-state index contributed by atoms with van der Waals surface area (Å²) in [5, 5.41) is 6.92. The van der Waals surface area contributed by atoms with E-state index in [-0.39, 0.29) is 31.4 Å². The smallest absolute Gasteiger partial charge is 0.251 e. The molecule has 36 heavy (non-hydrogen) atoms. The maximum absolute atomic E-state index is 12.3. The van der Waals surface area contributed by atoms with Crippen LogP contribution in [0, 0.1) is 0 Å². The lowest BCUT2D eigenvalue weighted by Crippen LogP contribution is -2.18. The van der Waals surface area contributed by atoms with Crippen LogP contribution in [-0.2, 0) is 11.3 Å². The first-order valence-electron chi connectivity index (χ1n) is 11.5. The molecule has 0 bridgehead atoms. The number of pyridine rings is 1. The van der Waals surface area contributed by atoms with Crippen molar-refractivity contribution in [2.45, 2.75) is 39.4 Å². The Labute approximate surface area is 217 Å². The van der Waals surface area contributed by atoms with Crippen molar-refractivity contribution in [1.82, 2.24) is 30.2 Å². The van der Waals surface area contributed by atoms with Crippen molar-refractivity contribution >= 4 is 36.1 Å². The first-order valence-corrected chi connectivity index (χ1v) is 11.5. The van der Waals surface area contributed by atoms with Gasteiger partial charge in [0, 0.05) is 55.1 Å². The van der Waals surface area contributed by atoms with Crippen LogP contribution in [0.5, 0.6) is 0 Å². The van der Waals surface area contributed by atoms with Crippen molar-refractivity contribution in [2.75, 3.05) is 18.9 Å². The van der Waals surface area contributed by atoms with Crippen molar-refractivity contribution in [1.29, 1.82) is 0 Å². The van der Waals surface area contributed by atoms with Gasteiger partial charge in [-0.2, -0.15) is 13.5 Å². The fourth-order valence-electron chi connectivity index (χ4n) is 3.71. The molecule has 10 heteroatoms. The molecule has 1 amide bonds. The molecule has 0 radical (unpaired) electrons. The number of nitrogens with one attached hydrogen (secondary N) is 2. The molecule has 3 heterocycles. The van der Waals surface area contributed by atoms with Crippen molar-refractivity contribution in [3.63, 3.8) is 0 Å². The summed E-state index contributed by atoms with van der Waals surface area (Å²) in [6, 6.07) is 9.55. The first kappa shape index (κ1) is 27.0. The van der Waals surface area contributed by atoms with Crippen LogP contribution in [0.25, 0.3) is 22.2 Å². The third-order valence-corrected chi connectivity index (χ3v) is 5.61. The highest BCUT2D eigenvalue weighted by molar-refractivity contribution is 7.59. The van der Waals surface area contributed by atoms with E-state index < -0.39 is 0 Å². The molecular weight excluding hydrogens is 474 g/mol. The number of carbonyl (C=O) groups is 1. The zero-order valence-electron chi connectivity index (χ0n) is 20.8. The molecule has 188 valence electrons. The fourth-order valence-corrected chi connectivity index (χ4v) is 3.71. The van der Waals surface area contributed by atoms with Crippen LogP contribution in [-0.4, -0.2) is 50.5 Å². The summed E-state index contributed by atoms with van der Waals surface area (Å²) in [4.78, 5) is 34.3. The number of carbonyl (C=O) groups excluding carboxylic acids is 1. The van der Waals surface area contributed by atoms with E-state index in [0.29, 0.717) is 30.4 Å². The van der Waals surface area contributed by atoms with E-state index in [9.17, 15) is 4.79 Å². The van der Waals surface area contributed by atoms with Gasteiger partial charge in [-0.15, -0.1) is 0 Å². The summed E-state index contributed by atoms with van der Waals surface area (Å²) < 4.78 is 5.55. The minimum atomic E-state index is -0.127. The lowest BCUT2D eigenvalue weighted by atomic mass is 9.96. The number of ether oxygens (including phenoxy) is 1. The average Bonchev–Trinajstić information content (AvgIpc) is 2.89. The second kappa shape index (κ2) is 12.4. The molecule has 1 aromatic carbocycles. The van der Waals surface area contributed by atoms with E-state index in [0.717, 1.165) is 27.7 Å². The first-order chi connectivity index (χ1) is 17.0. The van der Waals surface area contributed by atoms with E-state index >= 15 is 0 Å². The molecule has 1 atom stereocenters. The zero-order chi connectivity index (χ0) is 24.8. The maximum atomic E-state index is 12.3. The minimum Gasteiger partial charge on any atom is -0.371 e. The van der Waals surface area contributed by atoms with Crippen LogP contribution in [0.2, 0.25) is 0 Å². The summed E-state index contributed by atoms with van der Waals surface area (Å²) >= 11 is 0. The summed E-state index contributed by atoms with van der Waals surface area (Å²) in [5.41, 5.74) is 4.03. The Morgan fingerprint density at radius 2 is 1.81 bits per heavy atom. The largest absolute Gasteiger partial charge is 0.371 e. The highest BCUT2D eigenvalue weighted by Crippen LogP contribution is 2.27. The SMILES string of the molecule is CNC(=O)c1ccnc2c([C@H](C)CNc3cc(-c4cnc(COC(C)C)nc4)ncn3)cccc12.S. The van der Waals surface area contributed by atoms with E-state index in [1.807, 2.05) is 38.1 Å². The molecule has 0 spiro atoms. The van der Waals surface area contributed by atoms with Gasteiger partial charge in [0.25, 0.3) is 5.91 Å². The predicted molar refractivity (Wildman–Crippen MR) is 145 cm³/mol. The monoisotopic (exact) mass is 505 g/mol. The van der Waals surface area contributed by atoms with Crippen molar-refractivity contribution in [3.8, 4) is 11.3 Å². The predicted octanol–water partition coefficient (Wildman–Crippen LogP) is 4.09. The molecule has 0 unspecified atom stereocenters. The summed E-state index contributed by atoms with van der Waals surface area (Å²) in [7, 11) is 1.63. The second-order valence-electron chi connectivity index (χ2n) is 8.50. The third kappa shape index (κ3) is 6.32. The molecule has 3 aromatic heterocycles. The van der Waals surface area contributed by atoms with Crippen LogP contribution >= 0.6 is 13.5 Å². The van der Waals surface area contributed by atoms with Gasteiger partial charge in [-0.05, 0) is 25.5 Å². The number of rotatable bonds is 9. The maximum Gasteiger partial charge on any atom is 0.251 e. The molecule has 0 aliphatic rings. The Bertz CT molecular complexity index is 1320. The standard InChI is InChI=1S/C26H29N7O2.H2S/c1-16(2)35-14-24-30-12-18(13-31-24)22-10-23(33-15-32-22)29-11-17(3)19-6-5-7-20-21(26(34)27-4)8-9-28-25(19)20;/h5-10,12-13,15-17H,11,14H2,1-4H3,(H,27,34)(H,29,32,33);1H2/t17-;/m1./s1. The van der Waals surface area contributed by atoms with Gasteiger partial charge in [0.1, 0.15) is 18.8 Å². The van der Waals surface area contributed by atoms with E-state index in [4.69, 9.17) is 4.74 Å². The number of benzene rings is 1. The number of hydrogen-bond donors (Lipinski definition) is 2. The molecule has 0 fully saturated rings. The molecule has 4 aromatic rings. The zero-order valence-corrected chi connectivity index (χ0v) is 21.8. The lowest BCUT2D eigenvalue weighted by molar-refractivity contribution is 0.0613. The molecule has 0 saturated heterocycles. The van der Waals surface area contributed by atoms with Crippen LogP contribution < -0.4 is 10.6 Å². The number of nitrogens with zero attached hydrogens (tertiary/aromatic N) is 5. The number of fused-ring (bicyclic) bond motifs is 1. The number of amides is 1. The molecular formula is C26H31N7O2S. The Hall–Kier alpha value is -3.63. The third-order valence-electron chi connectivity index (χ3n) is 5.61. The van der Waals surface area contributed by atoms with Crippen molar-refractivity contribution < 1.29 is 9.53 Å². The van der Waals surface area contributed by atoms with Crippen molar-refractivity contribution in [3.05, 3.63) is 72.2 Å². The van der Waals surface area contributed by atoms with E-state index in [1.54, 1.807) is 31.7 Å². The number of anilines is 1. The summed E-state index contributed by atoms with van der Waals surface area (Å²) in [6.45, 7) is 7.07. The Balaban J connectivity index is 0.00000361. The average molecular weight is 506 g/mol. The second-order valence-corrected chi connectivity index (χ2v) is 8.50. The van der Waals surface area contributed by atoms with Gasteiger partial charge in [-0.25, -0.2) is 19.9 Å². The molecule has 2 N–H and O–H groups in total. The van der Waals surface area contributed by atoms with E-state index in [2.05, 4.69) is 42.5 Å². The van der Waals surface area contributed by atoms with Crippen molar-refractivity contribution in [2.24, 2.45) is 0 Å². The Morgan fingerprint density at radius 1 is 1.03 bits per heavy atom. The fraction of sp³-hybridized carbons (Fsp3) is 0.308. The van der Waals surface area contributed by atoms with Gasteiger partial charge in [0.2, 0.25) is 0 Å². The normalized spacial score (nSPS) is 11.7. The molecule has 0 aliphatic heterocycles. The van der Waals surface area contributed by atoms with Gasteiger partial charge in [0.05, 0.1) is 22.9 Å². The van der Waals surface area contributed by atoms with Gasteiger partial charge < -0.3 is 15.4 Å². The van der Waals surface area contributed by atoms with Crippen LogP contribution in [0.3, 0.4) is 0 Å².